The van der Waals surface area contributed by atoms with Gasteiger partial charge in [-0.05, 0) is 19.9 Å². The van der Waals surface area contributed by atoms with Gasteiger partial charge in [0.15, 0.2) is 0 Å². The first-order valence-corrected chi connectivity index (χ1v) is 3.58. The molecule has 0 bridgehead atoms. The molecule has 0 amide bonds. The highest BCUT2D eigenvalue weighted by Gasteiger charge is 1.95. The topological polar surface area (TPSA) is 35.5 Å². The maximum atomic E-state index is 10.7. The Labute approximate surface area is 67.0 Å². The molecule has 0 fully saturated rings. The van der Waals surface area contributed by atoms with Gasteiger partial charge in [-0.1, -0.05) is 0 Å². The zero-order valence-electron chi connectivity index (χ0n) is 7.16. The molecule has 0 spiro atoms. The van der Waals surface area contributed by atoms with E-state index in [-0.39, 0.29) is 12.1 Å². The Hall–Kier alpha value is -0.830. The molecule has 0 saturated heterocycles. The van der Waals surface area contributed by atoms with Crippen molar-refractivity contribution in [2.45, 2.75) is 20.0 Å². The minimum Gasteiger partial charge on any atom is -0.463 e. The first-order chi connectivity index (χ1) is 5.20. The summed E-state index contributed by atoms with van der Waals surface area (Å²) in [7, 11) is 1.58. The van der Waals surface area contributed by atoms with Crippen LogP contribution in [0.25, 0.3) is 0 Å². The molecule has 11 heavy (non-hydrogen) atoms. The van der Waals surface area contributed by atoms with Crippen molar-refractivity contribution in [2.24, 2.45) is 0 Å². The highest BCUT2D eigenvalue weighted by Crippen LogP contribution is 1.90. The summed E-state index contributed by atoms with van der Waals surface area (Å²) in [6.07, 6.45) is 2.98. The van der Waals surface area contributed by atoms with Crippen LogP contribution in [-0.4, -0.2) is 25.8 Å². The van der Waals surface area contributed by atoms with Crippen molar-refractivity contribution >= 4 is 5.97 Å². The van der Waals surface area contributed by atoms with Crippen LogP contribution in [0, 0.1) is 0 Å². The molecule has 3 nitrogen and oxygen atoms in total. The standard InChI is InChI=1S/C8H14O3/c1-4-11-8(9)6-5-7(2)10-3/h5-7H,4H2,1-3H3/b6-5+. The van der Waals surface area contributed by atoms with E-state index in [1.807, 2.05) is 6.92 Å². The zero-order chi connectivity index (χ0) is 8.69. The Morgan fingerprint density at radius 3 is 2.73 bits per heavy atom. The van der Waals surface area contributed by atoms with E-state index in [4.69, 9.17) is 4.74 Å². The average molecular weight is 158 g/mol. The second kappa shape index (κ2) is 5.92. The molecule has 0 radical (unpaired) electrons. The smallest absolute Gasteiger partial charge is 0.330 e. The average Bonchev–Trinajstić information content (AvgIpc) is 2.01. The minimum absolute atomic E-state index is 0.0422. The molecule has 0 saturated carbocycles. The van der Waals surface area contributed by atoms with E-state index in [1.54, 1.807) is 20.1 Å². The molecule has 64 valence electrons. The first-order valence-electron chi connectivity index (χ1n) is 3.58. The Kier molecular flexibility index (Phi) is 5.47. The molecule has 0 N–H and O–H groups in total. The summed E-state index contributed by atoms with van der Waals surface area (Å²) < 4.78 is 9.54. The van der Waals surface area contributed by atoms with Gasteiger partial charge in [0, 0.05) is 13.2 Å². The lowest BCUT2D eigenvalue weighted by atomic mass is 10.3. The van der Waals surface area contributed by atoms with Gasteiger partial charge in [0.05, 0.1) is 12.7 Å². The van der Waals surface area contributed by atoms with Crippen LogP contribution in [0.4, 0.5) is 0 Å². The van der Waals surface area contributed by atoms with Crippen molar-refractivity contribution in [1.29, 1.82) is 0 Å². The quantitative estimate of drug-likeness (QED) is 0.454. The predicted octanol–water partition coefficient (Wildman–Crippen LogP) is 1.14. The van der Waals surface area contributed by atoms with Crippen LogP contribution < -0.4 is 0 Å². The van der Waals surface area contributed by atoms with E-state index in [2.05, 4.69) is 4.74 Å². The van der Waals surface area contributed by atoms with Gasteiger partial charge in [0.25, 0.3) is 0 Å². The van der Waals surface area contributed by atoms with Crippen molar-refractivity contribution < 1.29 is 14.3 Å². The third-order valence-corrected chi connectivity index (χ3v) is 1.16. The fraction of sp³-hybridized carbons (Fsp3) is 0.625. The van der Waals surface area contributed by atoms with E-state index in [1.165, 1.54) is 6.08 Å². The molecule has 0 aromatic rings. The summed E-state index contributed by atoms with van der Waals surface area (Å²) in [5.74, 6) is -0.323. The molecule has 0 aliphatic carbocycles. The summed E-state index contributed by atoms with van der Waals surface area (Å²) >= 11 is 0. The van der Waals surface area contributed by atoms with Gasteiger partial charge in [0.1, 0.15) is 0 Å². The lowest BCUT2D eigenvalue weighted by Gasteiger charge is -2.00. The summed E-state index contributed by atoms with van der Waals surface area (Å²) in [6, 6.07) is 0. The summed E-state index contributed by atoms with van der Waals surface area (Å²) in [6.45, 7) is 4.02. The van der Waals surface area contributed by atoms with E-state index in [0.717, 1.165) is 0 Å². The van der Waals surface area contributed by atoms with Gasteiger partial charge in [-0.15, -0.1) is 0 Å². The Balaban J connectivity index is 3.63. The van der Waals surface area contributed by atoms with Crippen molar-refractivity contribution in [3.8, 4) is 0 Å². The molecule has 3 heteroatoms. The molecule has 0 aromatic carbocycles. The SMILES string of the molecule is CCOC(=O)/C=C/C(C)OC. The van der Waals surface area contributed by atoms with Crippen LogP contribution in [0.2, 0.25) is 0 Å². The summed E-state index contributed by atoms with van der Waals surface area (Å²) in [5.41, 5.74) is 0. The number of methoxy groups -OCH3 is 1. The number of esters is 1. The molecule has 1 atom stereocenters. The number of hydrogen-bond acceptors (Lipinski definition) is 3. The highest BCUT2D eigenvalue weighted by atomic mass is 16.5. The number of carbonyl (C=O) groups is 1. The Morgan fingerprint density at radius 2 is 2.27 bits per heavy atom. The van der Waals surface area contributed by atoms with E-state index >= 15 is 0 Å². The van der Waals surface area contributed by atoms with Crippen LogP contribution in [0.5, 0.6) is 0 Å². The maximum Gasteiger partial charge on any atom is 0.330 e. The third kappa shape index (κ3) is 5.61. The second-order valence-electron chi connectivity index (χ2n) is 2.05. The van der Waals surface area contributed by atoms with Crippen molar-refractivity contribution in [2.75, 3.05) is 13.7 Å². The molecule has 0 heterocycles. The Bertz CT molecular complexity index is 140. The maximum absolute atomic E-state index is 10.7. The van der Waals surface area contributed by atoms with Gasteiger partial charge >= 0.3 is 5.97 Å². The van der Waals surface area contributed by atoms with Gasteiger partial charge in [-0.25, -0.2) is 4.79 Å². The second-order valence-corrected chi connectivity index (χ2v) is 2.05. The van der Waals surface area contributed by atoms with Crippen LogP contribution >= 0.6 is 0 Å². The molecule has 0 aromatic heterocycles. The van der Waals surface area contributed by atoms with Gasteiger partial charge < -0.3 is 9.47 Å². The monoisotopic (exact) mass is 158 g/mol. The zero-order valence-corrected chi connectivity index (χ0v) is 7.16. The van der Waals surface area contributed by atoms with Crippen molar-refractivity contribution in [3.63, 3.8) is 0 Å². The lowest BCUT2D eigenvalue weighted by Crippen LogP contribution is -2.03. The van der Waals surface area contributed by atoms with Crippen LogP contribution in [0.3, 0.4) is 0 Å². The molecule has 0 aliphatic heterocycles. The largest absolute Gasteiger partial charge is 0.463 e. The highest BCUT2D eigenvalue weighted by molar-refractivity contribution is 5.81. The predicted molar refractivity (Wildman–Crippen MR) is 42.2 cm³/mol. The van der Waals surface area contributed by atoms with E-state index in [0.29, 0.717) is 6.61 Å². The fourth-order valence-corrected chi connectivity index (χ4v) is 0.483. The molecule has 1 unspecified atom stereocenters. The third-order valence-electron chi connectivity index (χ3n) is 1.16. The molecular weight excluding hydrogens is 144 g/mol. The Morgan fingerprint density at radius 1 is 1.64 bits per heavy atom. The number of ether oxygens (including phenoxy) is 2. The molecule has 0 aliphatic rings. The first kappa shape index (κ1) is 10.2. The van der Waals surface area contributed by atoms with Gasteiger partial charge in [0.2, 0.25) is 0 Å². The van der Waals surface area contributed by atoms with Gasteiger partial charge in [-0.3, -0.25) is 0 Å². The van der Waals surface area contributed by atoms with E-state index < -0.39 is 0 Å². The lowest BCUT2D eigenvalue weighted by molar-refractivity contribution is -0.137. The van der Waals surface area contributed by atoms with Crippen LogP contribution in [0.15, 0.2) is 12.2 Å². The summed E-state index contributed by atoms with van der Waals surface area (Å²) in [4.78, 5) is 10.7. The van der Waals surface area contributed by atoms with Crippen LogP contribution in [-0.2, 0) is 14.3 Å². The number of carbonyl (C=O) groups excluding carboxylic acids is 1. The number of rotatable bonds is 4. The fourth-order valence-electron chi connectivity index (χ4n) is 0.483. The van der Waals surface area contributed by atoms with Crippen LogP contribution in [0.1, 0.15) is 13.8 Å². The molecular formula is C8H14O3. The molecule has 0 rings (SSSR count). The van der Waals surface area contributed by atoms with Crippen molar-refractivity contribution in [3.05, 3.63) is 12.2 Å². The van der Waals surface area contributed by atoms with E-state index in [9.17, 15) is 4.79 Å². The van der Waals surface area contributed by atoms with Crippen molar-refractivity contribution in [1.82, 2.24) is 0 Å². The number of hydrogen-bond donors (Lipinski definition) is 0. The minimum atomic E-state index is -0.323. The normalized spacial score (nSPS) is 13.4. The van der Waals surface area contributed by atoms with Gasteiger partial charge in [-0.2, -0.15) is 0 Å². The summed E-state index contributed by atoms with van der Waals surface area (Å²) in [5, 5.41) is 0.